The van der Waals surface area contributed by atoms with Crippen LogP contribution in [0.1, 0.15) is 24.8 Å². The summed E-state index contributed by atoms with van der Waals surface area (Å²) in [5.41, 5.74) is 1.16. The third kappa shape index (κ3) is 2.47. The van der Waals surface area contributed by atoms with Crippen LogP contribution in [0, 0.1) is 0 Å². The zero-order valence-electron chi connectivity index (χ0n) is 10.7. The summed E-state index contributed by atoms with van der Waals surface area (Å²) in [5, 5.41) is 0. The number of hydrogen-bond acceptors (Lipinski definition) is 3. The second-order valence-corrected chi connectivity index (χ2v) is 5.55. The molecule has 1 aromatic heterocycles. The van der Waals surface area contributed by atoms with Crippen LogP contribution >= 0.6 is 11.6 Å². The lowest BCUT2D eigenvalue weighted by molar-refractivity contribution is 0.260. The lowest BCUT2D eigenvalue weighted by Crippen LogP contribution is -2.35. The van der Waals surface area contributed by atoms with E-state index in [9.17, 15) is 0 Å². The Kier molecular flexibility index (Phi) is 3.71. The number of rotatable bonds is 3. The SMILES string of the molecule is ClCc1ccnc(N2CCC(N3CCCC3)C2)c1. The molecular formula is C14H20ClN3. The molecule has 4 heteroatoms. The zero-order valence-corrected chi connectivity index (χ0v) is 11.4. The van der Waals surface area contributed by atoms with E-state index in [1.54, 1.807) is 0 Å². The quantitative estimate of drug-likeness (QED) is 0.783. The topological polar surface area (TPSA) is 19.4 Å². The summed E-state index contributed by atoms with van der Waals surface area (Å²) in [5.74, 6) is 1.66. The molecule has 0 amide bonds. The number of anilines is 1. The molecule has 2 aliphatic heterocycles. The van der Waals surface area contributed by atoms with Crippen LogP contribution in [-0.2, 0) is 5.88 Å². The van der Waals surface area contributed by atoms with Gasteiger partial charge in [0.1, 0.15) is 5.82 Å². The highest BCUT2D eigenvalue weighted by Gasteiger charge is 2.29. The van der Waals surface area contributed by atoms with Crippen LogP contribution in [0.3, 0.4) is 0 Å². The average molecular weight is 266 g/mol. The number of hydrogen-bond donors (Lipinski definition) is 0. The molecule has 0 N–H and O–H groups in total. The molecule has 0 saturated carbocycles. The Labute approximate surface area is 114 Å². The average Bonchev–Trinajstić information content (AvgIpc) is 3.09. The molecule has 0 aliphatic carbocycles. The Bertz CT molecular complexity index is 404. The molecule has 0 bridgehead atoms. The van der Waals surface area contributed by atoms with Gasteiger partial charge in [-0.15, -0.1) is 11.6 Å². The molecule has 1 unspecified atom stereocenters. The lowest BCUT2D eigenvalue weighted by Gasteiger charge is -2.24. The first-order chi connectivity index (χ1) is 8.86. The van der Waals surface area contributed by atoms with Gasteiger partial charge >= 0.3 is 0 Å². The van der Waals surface area contributed by atoms with Crippen LogP contribution in [0.2, 0.25) is 0 Å². The molecule has 3 nitrogen and oxygen atoms in total. The molecule has 98 valence electrons. The van der Waals surface area contributed by atoms with Crippen LogP contribution in [0.5, 0.6) is 0 Å². The maximum absolute atomic E-state index is 5.88. The number of pyridine rings is 1. The Balaban J connectivity index is 1.67. The second-order valence-electron chi connectivity index (χ2n) is 5.29. The van der Waals surface area contributed by atoms with Crippen LogP contribution in [0.15, 0.2) is 18.3 Å². The van der Waals surface area contributed by atoms with Crippen molar-refractivity contribution in [3.05, 3.63) is 23.9 Å². The van der Waals surface area contributed by atoms with Crippen molar-refractivity contribution in [3.8, 4) is 0 Å². The predicted molar refractivity (Wildman–Crippen MR) is 75.2 cm³/mol. The summed E-state index contributed by atoms with van der Waals surface area (Å²) in [4.78, 5) is 9.53. The summed E-state index contributed by atoms with van der Waals surface area (Å²) in [6.07, 6.45) is 5.88. The number of nitrogens with zero attached hydrogens (tertiary/aromatic N) is 3. The second kappa shape index (κ2) is 5.45. The van der Waals surface area contributed by atoms with Gasteiger partial charge in [0, 0.05) is 31.2 Å². The first kappa shape index (κ1) is 12.2. The first-order valence-corrected chi connectivity index (χ1v) is 7.40. The Morgan fingerprint density at radius 1 is 1.28 bits per heavy atom. The molecule has 2 saturated heterocycles. The maximum atomic E-state index is 5.88. The highest BCUT2D eigenvalue weighted by atomic mass is 35.5. The van der Waals surface area contributed by atoms with Crippen molar-refractivity contribution in [3.63, 3.8) is 0 Å². The summed E-state index contributed by atoms with van der Waals surface area (Å²) < 4.78 is 0. The van der Waals surface area contributed by atoms with Gasteiger partial charge in [-0.3, -0.25) is 4.90 Å². The summed E-state index contributed by atoms with van der Waals surface area (Å²) in [6.45, 7) is 4.82. The molecule has 2 aliphatic rings. The van der Waals surface area contributed by atoms with Gasteiger partial charge in [-0.05, 0) is 50.0 Å². The van der Waals surface area contributed by atoms with E-state index >= 15 is 0 Å². The van der Waals surface area contributed by atoms with E-state index < -0.39 is 0 Å². The van der Waals surface area contributed by atoms with Gasteiger partial charge in [0.15, 0.2) is 0 Å². The van der Waals surface area contributed by atoms with Gasteiger partial charge in [-0.25, -0.2) is 4.98 Å². The van der Waals surface area contributed by atoms with Crippen LogP contribution < -0.4 is 4.90 Å². The Hall–Kier alpha value is -0.800. The van der Waals surface area contributed by atoms with E-state index in [1.807, 2.05) is 12.3 Å². The fourth-order valence-electron chi connectivity index (χ4n) is 3.07. The zero-order chi connectivity index (χ0) is 12.4. The van der Waals surface area contributed by atoms with Crippen LogP contribution in [0.25, 0.3) is 0 Å². The van der Waals surface area contributed by atoms with Crippen molar-refractivity contribution in [2.24, 2.45) is 0 Å². The van der Waals surface area contributed by atoms with E-state index in [4.69, 9.17) is 11.6 Å². The summed E-state index contributed by atoms with van der Waals surface area (Å²) in [6, 6.07) is 4.85. The van der Waals surface area contributed by atoms with Crippen LogP contribution in [0.4, 0.5) is 5.82 Å². The van der Waals surface area contributed by atoms with Crippen molar-refractivity contribution in [1.29, 1.82) is 0 Å². The lowest BCUT2D eigenvalue weighted by atomic mass is 10.2. The van der Waals surface area contributed by atoms with Crippen molar-refractivity contribution < 1.29 is 0 Å². The monoisotopic (exact) mass is 265 g/mol. The van der Waals surface area contributed by atoms with Crippen molar-refractivity contribution in [2.45, 2.75) is 31.2 Å². The standard InChI is InChI=1S/C14H20ClN3/c15-10-12-3-5-16-14(9-12)18-8-4-13(11-18)17-6-1-2-7-17/h3,5,9,13H,1-2,4,6-8,10-11H2. The van der Waals surface area contributed by atoms with E-state index in [0.717, 1.165) is 30.5 Å². The number of halogens is 1. The Morgan fingerprint density at radius 3 is 2.89 bits per heavy atom. The summed E-state index contributed by atoms with van der Waals surface area (Å²) >= 11 is 5.88. The minimum atomic E-state index is 0.568. The van der Waals surface area contributed by atoms with E-state index in [0.29, 0.717) is 5.88 Å². The van der Waals surface area contributed by atoms with Crippen LogP contribution in [-0.4, -0.2) is 42.1 Å². The van der Waals surface area contributed by atoms with E-state index in [2.05, 4.69) is 20.9 Å². The van der Waals surface area contributed by atoms with Gasteiger partial charge in [0.25, 0.3) is 0 Å². The molecule has 3 heterocycles. The largest absolute Gasteiger partial charge is 0.355 e. The Morgan fingerprint density at radius 2 is 2.11 bits per heavy atom. The highest BCUT2D eigenvalue weighted by molar-refractivity contribution is 6.17. The van der Waals surface area contributed by atoms with Crippen molar-refractivity contribution in [1.82, 2.24) is 9.88 Å². The third-order valence-electron chi connectivity index (χ3n) is 4.11. The van der Waals surface area contributed by atoms with Gasteiger partial charge in [-0.1, -0.05) is 0 Å². The molecular weight excluding hydrogens is 246 g/mol. The molecule has 2 fully saturated rings. The number of alkyl halides is 1. The first-order valence-electron chi connectivity index (χ1n) is 6.87. The normalized spacial score (nSPS) is 24.9. The molecule has 1 aromatic rings. The van der Waals surface area contributed by atoms with Crippen molar-refractivity contribution in [2.75, 3.05) is 31.1 Å². The molecule has 1 atom stereocenters. The third-order valence-corrected chi connectivity index (χ3v) is 4.42. The summed E-state index contributed by atoms with van der Waals surface area (Å²) in [7, 11) is 0. The fraction of sp³-hybridized carbons (Fsp3) is 0.643. The number of likely N-dealkylation sites (tertiary alicyclic amines) is 1. The minimum absolute atomic E-state index is 0.568. The predicted octanol–water partition coefficient (Wildman–Crippen LogP) is 2.49. The maximum Gasteiger partial charge on any atom is 0.128 e. The molecule has 0 spiro atoms. The highest BCUT2D eigenvalue weighted by Crippen LogP contribution is 2.24. The molecule has 3 rings (SSSR count). The van der Waals surface area contributed by atoms with Gasteiger partial charge in [-0.2, -0.15) is 0 Å². The molecule has 18 heavy (non-hydrogen) atoms. The van der Waals surface area contributed by atoms with Gasteiger partial charge < -0.3 is 4.90 Å². The van der Waals surface area contributed by atoms with E-state index in [-0.39, 0.29) is 0 Å². The fourth-order valence-corrected chi connectivity index (χ4v) is 3.24. The smallest absolute Gasteiger partial charge is 0.128 e. The molecule has 0 radical (unpaired) electrons. The minimum Gasteiger partial charge on any atom is -0.355 e. The van der Waals surface area contributed by atoms with Gasteiger partial charge in [0.2, 0.25) is 0 Å². The number of aromatic nitrogens is 1. The van der Waals surface area contributed by atoms with Gasteiger partial charge in [0.05, 0.1) is 0 Å². The molecule has 0 aromatic carbocycles. The van der Waals surface area contributed by atoms with E-state index in [1.165, 1.54) is 32.4 Å². The van der Waals surface area contributed by atoms with Crippen molar-refractivity contribution >= 4 is 17.4 Å².